The third-order valence-corrected chi connectivity index (χ3v) is 5.56. The number of nitrogens with one attached hydrogen (secondary N) is 1. The van der Waals surface area contributed by atoms with Gasteiger partial charge >= 0.3 is 0 Å². The Balaban J connectivity index is 1.47. The Kier molecular flexibility index (Phi) is 4.78. The molecule has 1 aliphatic heterocycles. The topological polar surface area (TPSA) is 27.6 Å². The van der Waals surface area contributed by atoms with Gasteiger partial charge in [0, 0.05) is 5.69 Å². The molecule has 4 aromatic rings. The Hall–Kier alpha value is -3.85. The molecule has 0 bridgehead atoms. The maximum absolute atomic E-state index is 3.95. The molecule has 3 heteroatoms. The van der Waals surface area contributed by atoms with Crippen molar-refractivity contribution >= 4 is 23.8 Å². The Morgan fingerprint density at radius 1 is 0.733 bits per heavy atom. The maximum Gasteiger partial charge on any atom is 0.130 e. The smallest absolute Gasteiger partial charge is 0.130 e. The lowest BCUT2D eigenvalue weighted by molar-refractivity contribution is 0.828. The highest BCUT2D eigenvalue weighted by Gasteiger charge is 2.30. The largest absolute Gasteiger partial charge is 0.359 e. The van der Waals surface area contributed by atoms with Crippen LogP contribution in [0.3, 0.4) is 0 Å². The first-order valence-electron chi connectivity index (χ1n) is 10.1. The van der Waals surface area contributed by atoms with E-state index in [-0.39, 0.29) is 6.17 Å². The lowest BCUT2D eigenvalue weighted by atomic mass is 10.0. The second kappa shape index (κ2) is 7.88. The van der Waals surface area contributed by atoms with Gasteiger partial charge in [0.15, 0.2) is 0 Å². The van der Waals surface area contributed by atoms with Crippen LogP contribution in [0.15, 0.2) is 108 Å². The van der Waals surface area contributed by atoms with E-state index in [0.29, 0.717) is 6.54 Å². The van der Waals surface area contributed by atoms with Crippen LogP contribution < -0.4 is 10.2 Å². The van der Waals surface area contributed by atoms with Gasteiger partial charge in [-0.05, 0) is 53.2 Å². The van der Waals surface area contributed by atoms with E-state index in [4.69, 9.17) is 0 Å². The zero-order chi connectivity index (χ0) is 20.3. The van der Waals surface area contributed by atoms with Crippen molar-refractivity contribution in [1.82, 2.24) is 0 Å². The van der Waals surface area contributed by atoms with E-state index in [1.165, 1.54) is 33.6 Å². The molecule has 0 fully saturated rings. The van der Waals surface area contributed by atoms with Gasteiger partial charge in [-0.1, -0.05) is 78.9 Å². The van der Waals surface area contributed by atoms with Crippen LogP contribution in [0.4, 0.5) is 17.1 Å². The highest BCUT2D eigenvalue weighted by molar-refractivity contribution is 5.83. The number of rotatable bonds is 5. The van der Waals surface area contributed by atoms with Crippen molar-refractivity contribution in [2.24, 2.45) is 4.99 Å². The fourth-order valence-electron chi connectivity index (χ4n) is 4.06. The van der Waals surface area contributed by atoms with Gasteiger partial charge in [0.25, 0.3) is 0 Å². The number of fused-ring (bicyclic) bond motifs is 1. The summed E-state index contributed by atoms with van der Waals surface area (Å²) in [5.41, 5.74) is 8.35. The normalized spacial score (nSPS) is 14.8. The first kappa shape index (κ1) is 18.2. The van der Waals surface area contributed by atoms with Gasteiger partial charge in [0.2, 0.25) is 0 Å². The summed E-state index contributed by atoms with van der Waals surface area (Å²) in [5.74, 6) is 0. The molecule has 30 heavy (non-hydrogen) atoms. The van der Waals surface area contributed by atoms with Crippen LogP contribution in [0.1, 0.15) is 17.3 Å². The predicted molar refractivity (Wildman–Crippen MR) is 127 cm³/mol. The summed E-state index contributed by atoms with van der Waals surface area (Å²) in [5, 5.41) is 3.69. The molecule has 146 valence electrons. The molecule has 1 N–H and O–H groups in total. The van der Waals surface area contributed by atoms with Crippen molar-refractivity contribution in [1.29, 1.82) is 0 Å². The number of hydrogen-bond donors (Lipinski definition) is 1. The van der Waals surface area contributed by atoms with Crippen LogP contribution >= 0.6 is 0 Å². The minimum Gasteiger partial charge on any atom is -0.359 e. The average molecular weight is 390 g/mol. The van der Waals surface area contributed by atoms with Crippen molar-refractivity contribution in [3.8, 4) is 11.1 Å². The van der Waals surface area contributed by atoms with Crippen LogP contribution in [-0.2, 0) is 6.54 Å². The van der Waals surface area contributed by atoms with E-state index in [1.807, 2.05) is 0 Å². The molecule has 0 saturated carbocycles. The maximum atomic E-state index is 3.95. The zero-order valence-electron chi connectivity index (χ0n) is 16.7. The molecule has 0 aromatic heterocycles. The van der Waals surface area contributed by atoms with E-state index in [1.54, 1.807) is 0 Å². The van der Waals surface area contributed by atoms with Crippen molar-refractivity contribution in [3.63, 3.8) is 0 Å². The van der Waals surface area contributed by atoms with Gasteiger partial charge in [-0.2, -0.15) is 0 Å². The second-order valence-corrected chi connectivity index (χ2v) is 7.47. The summed E-state index contributed by atoms with van der Waals surface area (Å²) in [6, 6.07) is 36.4. The van der Waals surface area contributed by atoms with Crippen molar-refractivity contribution in [2.75, 3.05) is 10.2 Å². The molecule has 0 amide bonds. The van der Waals surface area contributed by atoms with E-state index in [2.05, 4.69) is 125 Å². The van der Waals surface area contributed by atoms with Crippen LogP contribution in [0.25, 0.3) is 11.1 Å². The van der Waals surface area contributed by atoms with Gasteiger partial charge in [0.05, 0.1) is 17.9 Å². The Morgan fingerprint density at radius 2 is 1.37 bits per heavy atom. The van der Waals surface area contributed by atoms with Crippen molar-refractivity contribution in [3.05, 3.63) is 114 Å². The fourth-order valence-corrected chi connectivity index (χ4v) is 4.06. The van der Waals surface area contributed by atoms with Gasteiger partial charge in [-0.15, -0.1) is 0 Å². The Bertz CT molecular complexity index is 1150. The SMILES string of the molecule is C=NCc1ccc(-c2ccc(C3Nc4ccccc4N3c3ccccc3)cc2)cc1. The highest BCUT2D eigenvalue weighted by atomic mass is 15.3. The number of hydrogen-bond acceptors (Lipinski definition) is 3. The summed E-state index contributed by atoms with van der Waals surface area (Å²) >= 11 is 0. The molecule has 1 atom stereocenters. The molecule has 0 radical (unpaired) electrons. The molecule has 1 aliphatic rings. The number of nitrogens with zero attached hydrogens (tertiary/aromatic N) is 2. The van der Waals surface area contributed by atoms with E-state index < -0.39 is 0 Å². The van der Waals surface area contributed by atoms with Gasteiger partial charge in [-0.3, -0.25) is 4.99 Å². The lowest BCUT2D eigenvalue weighted by Gasteiger charge is -2.27. The monoisotopic (exact) mass is 389 g/mol. The third kappa shape index (κ3) is 3.35. The number of aliphatic imine (C=N–C) groups is 1. The summed E-state index contributed by atoms with van der Waals surface area (Å²) in [4.78, 5) is 6.31. The molecule has 0 saturated heterocycles. The Morgan fingerprint density at radius 3 is 2.07 bits per heavy atom. The van der Waals surface area contributed by atoms with Crippen molar-refractivity contribution in [2.45, 2.75) is 12.7 Å². The van der Waals surface area contributed by atoms with E-state index >= 15 is 0 Å². The average Bonchev–Trinajstić information content (AvgIpc) is 3.20. The van der Waals surface area contributed by atoms with E-state index in [9.17, 15) is 0 Å². The van der Waals surface area contributed by atoms with Crippen LogP contribution in [0.2, 0.25) is 0 Å². The summed E-state index contributed by atoms with van der Waals surface area (Å²) in [7, 11) is 0. The number of para-hydroxylation sites is 3. The predicted octanol–water partition coefficient (Wildman–Crippen LogP) is 6.82. The van der Waals surface area contributed by atoms with Crippen LogP contribution in [-0.4, -0.2) is 6.72 Å². The molecule has 3 nitrogen and oxygen atoms in total. The zero-order valence-corrected chi connectivity index (χ0v) is 16.7. The minimum absolute atomic E-state index is 0.0555. The Labute approximate surface area is 177 Å². The molecule has 0 spiro atoms. The molecular weight excluding hydrogens is 366 g/mol. The summed E-state index contributed by atoms with van der Waals surface area (Å²) in [6.07, 6.45) is 0.0555. The molecular formula is C27H23N3. The number of benzene rings is 4. The van der Waals surface area contributed by atoms with Gasteiger partial charge < -0.3 is 10.2 Å². The highest BCUT2D eigenvalue weighted by Crippen LogP contribution is 2.45. The van der Waals surface area contributed by atoms with Crippen molar-refractivity contribution < 1.29 is 0 Å². The summed E-state index contributed by atoms with van der Waals surface area (Å²) < 4.78 is 0. The molecule has 5 rings (SSSR count). The lowest BCUT2D eigenvalue weighted by Crippen LogP contribution is -2.23. The second-order valence-electron chi connectivity index (χ2n) is 7.47. The standard InChI is InChI=1S/C27H23N3/c1-28-19-20-11-13-21(14-12-20)22-15-17-23(18-16-22)27-29-25-9-5-6-10-26(25)30(27)24-7-3-2-4-8-24/h2-18,27,29H,1,19H2. The molecule has 0 aliphatic carbocycles. The van der Waals surface area contributed by atoms with Gasteiger partial charge in [0.1, 0.15) is 6.17 Å². The minimum atomic E-state index is 0.0555. The van der Waals surface area contributed by atoms with Gasteiger partial charge in [-0.25, -0.2) is 0 Å². The molecule has 1 unspecified atom stereocenters. The third-order valence-electron chi connectivity index (χ3n) is 5.56. The molecule has 4 aromatic carbocycles. The first-order valence-corrected chi connectivity index (χ1v) is 10.1. The molecule has 1 heterocycles. The van der Waals surface area contributed by atoms with Crippen LogP contribution in [0.5, 0.6) is 0 Å². The number of anilines is 3. The quantitative estimate of drug-likeness (QED) is 0.379. The fraction of sp³-hybridized carbons (Fsp3) is 0.0741. The first-order chi connectivity index (χ1) is 14.8. The summed E-state index contributed by atoms with van der Waals surface area (Å²) in [6.45, 7) is 4.22. The van der Waals surface area contributed by atoms with Crippen LogP contribution in [0, 0.1) is 0 Å². The van der Waals surface area contributed by atoms with E-state index in [0.717, 1.165) is 5.69 Å².